The van der Waals surface area contributed by atoms with E-state index >= 15 is 0 Å². The molecule has 24 heavy (non-hydrogen) atoms. The summed E-state index contributed by atoms with van der Waals surface area (Å²) in [7, 11) is 0. The lowest BCUT2D eigenvalue weighted by Gasteiger charge is -2.33. The van der Waals surface area contributed by atoms with Crippen LogP contribution in [0, 0.1) is 0 Å². The largest absolute Gasteiger partial charge is 0.487 e. The van der Waals surface area contributed by atoms with Crippen molar-refractivity contribution in [3.8, 4) is 5.75 Å². The molecule has 0 aliphatic carbocycles. The Kier molecular flexibility index (Phi) is 5.59. The van der Waals surface area contributed by atoms with Gasteiger partial charge in [-0.15, -0.1) is 0 Å². The van der Waals surface area contributed by atoms with Crippen molar-refractivity contribution in [2.45, 2.75) is 25.4 Å². The lowest BCUT2D eigenvalue weighted by atomic mass is 10.1. The Hall–Kier alpha value is -1.78. The van der Waals surface area contributed by atoms with Crippen molar-refractivity contribution >= 4 is 29.1 Å². The van der Waals surface area contributed by atoms with Crippen LogP contribution < -0.4 is 4.74 Å². The Bertz CT molecular complexity index is 706. The van der Waals surface area contributed by atoms with E-state index in [9.17, 15) is 4.79 Å². The Morgan fingerprint density at radius 2 is 2.04 bits per heavy atom. The minimum Gasteiger partial charge on any atom is -0.487 e. The van der Waals surface area contributed by atoms with Crippen molar-refractivity contribution in [2.75, 3.05) is 13.1 Å². The molecule has 0 bridgehead atoms. The Morgan fingerprint density at radius 1 is 1.25 bits per heavy atom. The lowest BCUT2D eigenvalue weighted by Crippen LogP contribution is -2.45. The molecule has 3 rings (SSSR count). The van der Waals surface area contributed by atoms with Gasteiger partial charge in [-0.2, -0.15) is 0 Å². The number of hydrogen-bond donors (Lipinski definition) is 0. The number of ether oxygens (including phenoxy) is 1. The summed E-state index contributed by atoms with van der Waals surface area (Å²) in [6.45, 7) is 1.33. The molecule has 126 valence electrons. The van der Waals surface area contributed by atoms with Gasteiger partial charge in [0.2, 0.25) is 5.91 Å². The number of halogens is 2. The molecule has 2 aromatic rings. The number of aromatic nitrogens is 1. The zero-order valence-electron chi connectivity index (χ0n) is 13.1. The van der Waals surface area contributed by atoms with Crippen LogP contribution in [0.3, 0.4) is 0 Å². The number of benzene rings is 1. The van der Waals surface area contributed by atoms with Crippen molar-refractivity contribution in [3.63, 3.8) is 0 Å². The first-order valence-corrected chi connectivity index (χ1v) is 8.66. The molecule has 2 heterocycles. The van der Waals surface area contributed by atoms with Crippen molar-refractivity contribution in [1.82, 2.24) is 9.88 Å². The molecule has 1 amide bonds. The van der Waals surface area contributed by atoms with Gasteiger partial charge in [-0.3, -0.25) is 9.78 Å². The molecule has 1 aliphatic heterocycles. The average molecular weight is 365 g/mol. The van der Waals surface area contributed by atoms with Gasteiger partial charge in [-0.05, 0) is 30.5 Å². The molecule has 1 aromatic heterocycles. The summed E-state index contributed by atoms with van der Waals surface area (Å²) < 4.78 is 5.95. The standard InChI is InChI=1S/C18H18Cl2N2O2/c19-14-5-3-13(4-6-14)10-18(23)22-9-1-2-15(12-22)24-17-7-8-21-11-16(17)20/h3-8,11,15H,1-2,9-10,12H2. The van der Waals surface area contributed by atoms with Gasteiger partial charge in [-0.1, -0.05) is 35.3 Å². The fraction of sp³-hybridized carbons (Fsp3) is 0.333. The van der Waals surface area contributed by atoms with E-state index in [0.29, 0.717) is 28.8 Å². The molecular weight excluding hydrogens is 347 g/mol. The number of nitrogens with zero attached hydrogens (tertiary/aromatic N) is 2. The molecule has 1 atom stereocenters. The summed E-state index contributed by atoms with van der Waals surface area (Å²) in [4.78, 5) is 18.3. The van der Waals surface area contributed by atoms with Gasteiger partial charge in [0.1, 0.15) is 16.9 Å². The van der Waals surface area contributed by atoms with Crippen LogP contribution in [0.2, 0.25) is 10.0 Å². The average Bonchev–Trinajstić information content (AvgIpc) is 2.59. The van der Waals surface area contributed by atoms with Gasteiger partial charge in [-0.25, -0.2) is 0 Å². The molecule has 0 saturated carbocycles. The van der Waals surface area contributed by atoms with E-state index in [1.54, 1.807) is 30.6 Å². The van der Waals surface area contributed by atoms with Crippen LogP contribution in [0.4, 0.5) is 0 Å². The highest BCUT2D eigenvalue weighted by molar-refractivity contribution is 6.31. The monoisotopic (exact) mass is 364 g/mol. The number of pyridine rings is 1. The van der Waals surface area contributed by atoms with Gasteiger partial charge < -0.3 is 9.64 Å². The second kappa shape index (κ2) is 7.86. The van der Waals surface area contributed by atoms with E-state index in [2.05, 4.69) is 4.98 Å². The third kappa shape index (κ3) is 4.40. The maximum Gasteiger partial charge on any atom is 0.227 e. The van der Waals surface area contributed by atoms with Gasteiger partial charge in [0.15, 0.2) is 0 Å². The third-order valence-electron chi connectivity index (χ3n) is 4.03. The number of carbonyl (C=O) groups is 1. The van der Waals surface area contributed by atoms with Crippen LogP contribution in [0.15, 0.2) is 42.7 Å². The molecule has 0 radical (unpaired) electrons. The minimum atomic E-state index is -0.0483. The summed E-state index contributed by atoms with van der Waals surface area (Å²) in [6, 6.07) is 9.12. The molecule has 4 nitrogen and oxygen atoms in total. The van der Waals surface area contributed by atoms with Crippen LogP contribution in [-0.4, -0.2) is 35.0 Å². The number of carbonyl (C=O) groups excluding carboxylic acids is 1. The normalized spacial score (nSPS) is 17.6. The minimum absolute atomic E-state index is 0.0483. The molecular formula is C18H18Cl2N2O2. The molecule has 0 spiro atoms. The van der Waals surface area contributed by atoms with E-state index in [4.69, 9.17) is 27.9 Å². The van der Waals surface area contributed by atoms with Gasteiger partial charge in [0, 0.05) is 30.0 Å². The predicted octanol–water partition coefficient (Wildman–Crippen LogP) is 4.00. The van der Waals surface area contributed by atoms with Crippen molar-refractivity contribution in [3.05, 3.63) is 58.3 Å². The topological polar surface area (TPSA) is 42.4 Å². The maximum atomic E-state index is 12.5. The van der Waals surface area contributed by atoms with Crippen LogP contribution >= 0.6 is 23.2 Å². The van der Waals surface area contributed by atoms with E-state index in [0.717, 1.165) is 24.9 Å². The van der Waals surface area contributed by atoms with Gasteiger partial charge >= 0.3 is 0 Å². The first-order chi connectivity index (χ1) is 11.6. The third-order valence-corrected chi connectivity index (χ3v) is 4.56. The second-order valence-corrected chi connectivity index (χ2v) is 6.67. The molecule has 0 N–H and O–H groups in total. The van der Waals surface area contributed by atoms with E-state index in [1.165, 1.54) is 0 Å². The Balaban J connectivity index is 1.59. The molecule has 1 unspecified atom stereocenters. The Labute approximate surface area is 151 Å². The fourth-order valence-electron chi connectivity index (χ4n) is 2.79. The highest BCUT2D eigenvalue weighted by Gasteiger charge is 2.25. The zero-order chi connectivity index (χ0) is 16.9. The van der Waals surface area contributed by atoms with Gasteiger partial charge in [0.05, 0.1) is 13.0 Å². The van der Waals surface area contributed by atoms with Crippen LogP contribution in [0.5, 0.6) is 5.75 Å². The van der Waals surface area contributed by atoms with E-state index in [-0.39, 0.29) is 12.0 Å². The lowest BCUT2D eigenvalue weighted by molar-refractivity contribution is -0.133. The molecule has 6 heteroatoms. The highest BCUT2D eigenvalue weighted by atomic mass is 35.5. The predicted molar refractivity (Wildman–Crippen MR) is 94.6 cm³/mol. The number of hydrogen-bond acceptors (Lipinski definition) is 3. The summed E-state index contributed by atoms with van der Waals surface area (Å²) in [5.41, 5.74) is 0.963. The van der Waals surface area contributed by atoms with E-state index in [1.807, 2.05) is 17.0 Å². The first-order valence-electron chi connectivity index (χ1n) is 7.90. The smallest absolute Gasteiger partial charge is 0.227 e. The molecule has 1 aromatic carbocycles. The number of piperidine rings is 1. The van der Waals surface area contributed by atoms with Crippen LogP contribution in [0.25, 0.3) is 0 Å². The van der Waals surface area contributed by atoms with Crippen LogP contribution in [0.1, 0.15) is 18.4 Å². The SMILES string of the molecule is O=C(Cc1ccc(Cl)cc1)N1CCCC(Oc2ccncc2Cl)C1. The summed E-state index contributed by atoms with van der Waals surface area (Å²) in [5.74, 6) is 0.718. The van der Waals surface area contributed by atoms with Gasteiger partial charge in [0.25, 0.3) is 0 Å². The molecule has 1 saturated heterocycles. The fourth-order valence-corrected chi connectivity index (χ4v) is 3.08. The number of likely N-dealkylation sites (tertiary alicyclic amines) is 1. The summed E-state index contributed by atoms with van der Waals surface area (Å²) in [5, 5.41) is 1.16. The molecule has 1 fully saturated rings. The van der Waals surface area contributed by atoms with Crippen molar-refractivity contribution < 1.29 is 9.53 Å². The quantitative estimate of drug-likeness (QED) is 0.823. The number of amides is 1. The first kappa shape index (κ1) is 17.1. The van der Waals surface area contributed by atoms with Crippen LogP contribution in [-0.2, 0) is 11.2 Å². The van der Waals surface area contributed by atoms with E-state index < -0.39 is 0 Å². The summed E-state index contributed by atoms with van der Waals surface area (Å²) >= 11 is 12.0. The van der Waals surface area contributed by atoms with Crippen molar-refractivity contribution in [1.29, 1.82) is 0 Å². The molecule has 1 aliphatic rings. The maximum absolute atomic E-state index is 12.5. The number of rotatable bonds is 4. The Morgan fingerprint density at radius 3 is 2.79 bits per heavy atom. The summed E-state index contributed by atoms with van der Waals surface area (Å²) in [6.07, 6.45) is 5.35. The zero-order valence-corrected chi connectivity index (χ0v) is 14.6. The highest BCUT2D eigenvalue weighted by Crippen LogP contribution is 2.25. The van der Waals surface area contributed by atoms with Crippen molar-refractivity contribution in [2.24, 2.45) is 0 Å². The second-order valence-electron chi connectivity index (χ2n) is 5.83.